The van der Waals surface area contributed by atoms with Crippen LogP contribution in [0, 0.1) is 11.6 Å². The molecule has 1 aromatic carbocycles. The summed E-state index contributed by atoms with van der Waals surface area (Å²) in [6, 6.07) is 3.91. The van der Waals surface area contributed by atoms with Crippen LogP contribution in [0.5, 0.6) is 0 Å². The third kappa shape index (κ3) is 3.50. The van der Waals surface area contributed by atoms with Crippen molar-refractivity contribution >= 4 is 0 Å². The van der Waals surface area contributed by atoms with Crippen molar-refractivity contribution in [1.29, 1.82) is 0 Å². The summed E-state index contributed by atoms with van der Waals surface area (Å²) in [7, 11) is 1.73. The van der Waals surface area contributed by atoms with Gasteiger partial charge in [0.1, 0.15) is 0 Å². The predicted molar refractivity (Wildman–Crippen MR) is 68.5 cm³/mol. The Balaban J connectivity index is 3.02. The Morgan fingerprint density at radius 2 is 2.00 bits per heavy atom. The molecule has 0 aliphatic carbocycles. The van der Waals surface area contributed by atoms with Crippen molar-refractivity contribution in [3.8, 4) is 0 Å². The van der Waals surface area contributed by atoms with Crippen molar-refractivity contribution in [1.82, 2.24) is 5.32 Å². The molecule has 102 valence electrons. The molecule has 1 rings (SSSR count). The number of hydrogen-bond acceptors (Lipinski definition) is 2. The lowest BCUT2D eigenvalue weighted by Crippen LogP contribution is -2.32. The maximum absolute atomic E-state index is 13.8. The fourth-order valence-corrected chi connectivity index (χ4v) is 2.15. The number of nitrogens with one attached hydrogen (secondary N) is 1. The van der Waals surface area contributed by atoms with Crippen LogP contribution in [0.15, 0.2) is 18.2 Å². The Labute approximate surface area is 107 Å². The first-order chi connectivity index (χ1) is 8.65. The van der Waals surface area contributed by atoms with Crippen molar-refractivity contribution < 1.29 is 13.5 Å². The number of benzene rings is 1. The largest absolute Gasteiger partial charge is 0.377 e. The Bertz CT molecular complexity index is 365. The van der Waals surface area contributed by atoms with Crippen molar-refractivity contribution in [2.45, 2.75) is 38.8 Å². The maximum atomic E-state index is 13.8. The second-order valence-corrected chi connectivity index (χ2v) is 4.19. The average molecular weight is 257 g/mol. The molecule has 0 radical (unpaired) electrons. The Kier molecular flexibility index (Phi) is 6.22. The quantitative estimate of drug-likeness (QED) is 0.808. The van der Waals surface area contributed by atoms with E-state index in [0.29, 0.717) is 12.2 Å². The molecule has 0 amide bonds. The molecule has 0 aliphatic rings. The minimum Gasteiger partial charge on any atom is -0.377 e. The van der Waals surface area contributed by atoms with Gasteiger partial charge in [-0.1, -0.05) is 25.5 Å². The zero-order valence-electron chi connectivity index (χ0n) is 11.2. The van der Waals surface area contributed by atoms with Crippen molar-refractivity contribution in [2.24, 2.45) is 0 Å². The molecule has 18 heavy (non-hydrogen) atoms. The van der Waals surface area contributed by atoms with Crippen LogP contribution < -0.4 is 5.32 Å². The molecule has 1 N–H and O–H groups in total. The van der Waals surface area contributed by atoms with Crippen LogP contribution in [-0.4, -0.2) is 19.8 Å². The van der Waals surface area contributed by atoms with Gasteiger partial charge in [-0.3, -0.25) is 0 Å². The second kappa shape index (κ2) is 7.44. The maximum Gasteiger partial charge on any atom is 0.163 e. The summed E-state index contributed by atoms with van der Waals surface area (Å²) >= 11 is 0. The lowest BCUT2D eigenvalue weighted by atomic mass is 9.97. The highest BCUT2D eigenvalue weighted by Crippen LogP contribution is 2.26. The van der Waals surface area contributed by atoms with E-state index in [2.05, 4.69) is 5.32 Å². The molecule has 1 aromatic rings. The highest BCUT2D eigenvalue weighted by Gasteiger charge is 2.25. The van der Waals surface area contributed by atoms with Gasteiger partial charge in [-0.05, 0) is 26.5 Å². The van der Waals surface area contributed by atoms with E-state index in [4.69, 9.17) is 4.74 Å². The van der Waals surface area contributed by atoms with E-state index in [1.807, 2.05) is 13.8 Å². The number of likely N-dealkylation sites (N-methyl/N-ethyl adjacent to an activating group) is 1. The zero-order valence-corrected chi connectivity index (χ0v) is 11.2. The first-order valence-corrected chi connectivity index (χ1v) is 6.38. The minimum absolute atomic E-state index is 0.152. The molecule has 2 unspecified atom stereocenters. The van der Waals surface area contributed by atoms with Gasteiger partial charge in [0.05, 0.1) is 12.1 Å². The van der Waals surface area contributed by atoms with Crippen LogP contribution in [0.1, 0.15) is 38.3 Å². The summed E-state index contributed by atoms with van der Waals surface area (Å²) in [6.07, 6.45) is 1.58. The van der Waals surface area contributed by atoms with Gasteiger partial charge in [0.15, 0.2) is 11.6 Å². The Morgan fingerprint density at radius 1 is 1.28 bits per heavy atom. The van der Waals surface area contributed by atoms with E-state index >= 15 is 0 Å². The molecule has 4 heteroatoms. The van der Waals surface area contributed by atoms with Crippen LogP contribution >= 0.6 is 0 Å². The van der Waals surface area contributed by atoms with Gasteiger partial charge in [-0.15, -0.1) is 0 Å². The highest BCUT2D eigenvalue weighted by atomic mass is 19.2. The zero-order chi connectivity index (χ0) is 13.5. The molecule has 2 nitrogen and oxygen atoms in total. The summed E-state index contributed by atoms with van der Waals surface area (Å²) in [5.74, 6) is -1.61. The molecule has 0 heterocycles. The number of hydrogen-bond donors (Lipinski definition) is 1. The molecular weight excluding hydrogens is 236 g/mol. The van der Waals surface area contributed by atoms with Gasteiger partial charge in [-0.2, -0.15) is 0 Å². The van der Waals surface area contributed by atoms with Gasteiger partial charge in [0.25, 0.3) is 0 Å². The molecular formula is C14H21F2NO. The first-order valence-electron chi connectivity index (χ1n) is 6.38. The summed E-state index contributed by atoms with van der Waals surface area (Å²) in [6.45, 7) is 4.50. The summed E-state index contributed by atoms with van der Waals surface area (Å²) < 4.78 is 32.7. The lowest BCUT2D eigenvalue weighted by molar-refractivity contribution is 0.0285. The number of ether oxygens (including phenoxy) is 1. The van der Waals surface area contributed by atoms with E-state index in [1.54, 1.807) is 13.1 Å². The fourth-order valence-electron chi connectivity index (χ4n) is 2.15. The Morgan fingerprint density at radius 3 is 2.56 bits per heavy atom. The molecule has 0 saturated carbocycles. The van der Waals surface area contributed by atoms with E-state index in [1.165, 1.54) is 6.07 Å². The standard InChI is InChI=1S/C14H21F2NO/c1-4-7-12(18-5-2)14(17-3)10-8-6-9-11(15)13(10)16/h6,8-9,12,14,17H,4-5,7H2,1-3H3. The molecule has 0 spiro atoms. The van der Waals surface area contributed by atoms with Gasteiger partial charge < -0.3 is 10.1 Å². The number of rotatable bonds is 7. The van der Waals surface area contributed by atoms with Crippen LogP contribution in [-0.2, 0) is 4.74 Å². The average Bonchev–Trinajstić information content (AvgIpc) is 2.36. The minimum atomic E-state index is -0.820. The van der Waals surface area contributed by atoms with Crippen LogP contribution in [0.25, 0.3) is 0 Å². The predicted octanol–water partition coefficient (Wildman–Crippen LogP) is 3.43. The van der Waals surface area contributed by atoms with Crippen molar-refractivity contribution in [3.63, 3.8) is 0 Å². The normalized spacial score (nSPS) is 14.5. The first kappa shape index (κ1) is 15.1. The highest BCUT2D eigenvalue weighted by molar-refractivity contribution is 5.23. The fraction of sp³-hybridized carbons (Fsp3) is 0.571. The van der Waals surface area contributed by atoms with E-state index in [9.17, 15) is 8.78 Å². The molecule has 0 bridgehead atoms. The summed E-state index contributed by atoms with van der Waals surface area (Å²) in [4.78, 5) is 0. The second-order valence-electron chi connectivity index (χ2n) is 4.19. The van der Waals surface area contributed by atoms with E-state index in [0.717, 1.165) is 18.9 Å². The topological polar surface area (TPSA) is 21.3 Å². The van der Waals surface area contributed by atoms with Crippen molar-refractivity contribution in [2.75, 3.05) is 13.7 Å². The van der Waals surface area contributed by atoms with Crippen LogP contribution in [0.4, 0.5) is 8.78 Å². The summed E-state index contributed by atoms with van der Waals surface area (Å²) in [5, 5.41) is 3.02. The molecule has 0 aromatic heterocycles. The number of halogens is 2. The van der Waals surface area contributed by atoms with Gasteiger partial charge >= 0.3 is 0 Å². The smallest absolute Gasteiger partial charge is 0.163 e. The summed E-state index contributed by atoms with van der Waals surface area (Å²) in [5.41, 5.74) is 0.324. The lowest BCUT2D eigenvalue weighted by Gasteiger charge is -2.27. The molecule has 0 saturated heterocycles. The van der Waals surface area contributed by atoms with Crippen LogP contribution in [0.2, 0.25) is 0 Å². The Hall–Kier alpha value is -1.00. The third-order valence-electron chi connectivity index (χ3n) is 2.95. The monoisotopic (exact) mass is 257 g/mol. The van der Waals surface area contributed by atoms with E-state index < -0.39 is 11.6 Å². The van der Waals surface area contributed by atoms with Crippen LogP contribution in [0.3, 0.4) is 0 Å². The SMILES string of the molecule is CCCC(OCC)C(NC)c1cccc(F)c1F. The molecule has 0 aliphatic heterocycles. The van der Waals surface area contributed by atoms with Crippen molar-refractivity contribution in [3.05, 3.63) is 35.4 Å². The van der Waals surface area contributed by atoms with Gasteiger partial charge in [0, 0.05) is 12.2 Å². The third-order valence-corrected chi connectivity index (χ3v) is 2.95. The van der Waals surface area contributed by atoms with Gasteiger partial charge in [-0.25, -0.2) is 8.78 Å². The molecule has 2 atom stereocenters. The molecule has 0 fully saturated rings. The van der Waals surface area contributed by atoms with E-state index in [-0.39, 0.29) is 12.1 Å². The van der Waals surface area contributed by atoms with Gasteiger partial charge in [0.2, 0.25) is 0 Å².